The summed E-state index contributed by atoms with van der Waals surface area (Å²) < 4.78 is 14.3. The summed E-state index contributed by atoms with van der Waals surface area (Å²) in [5.74, 6) is 1.13. The first-order valence-electron chi connectivity index (χ1n) is 9.12. The lowest BCUT2D eigenvalue weighted by Crippen LogP contribution is -2.43. The van der Waals surface area contributed by atoms with E-state index in [1.807, 2.05) is 24.5 Å². The van der Waals surface area contributed by atoms with Crippen LogP contribution in [-0.2, 0) is 29.7 Å². The van der Waals surface area contributed by atoms with Crippen LogP contribution in [0.4, 0.5) is 0 Å². The van der Waals surface area contributed by atoms with Crippen molar-refractivity contribution in [2.24, 2.45) is 7.05 Å². The van der Waals surface area contributed by atoms with E-state index >= 15 is 0 Å². The zero-order valence-electron chi connectivity index (χ0n) is 14.8. The predicted molar refractivity (Wildman–Crippen MR) is 93.8 cm³/mol. The first kappa shape index (κ1) is 16.7. The number of aromatic nitrogens is 3. The minimum Gasteiger partial charge on any atom is -0.374 e. The largest absolute Gasteiger partial charge is 0.374 e. The normalized spacial score (nSPS) is 26.7. The van der Waals surface area contributed by atoms with Gasteiger partial charge in [-0.25, -0.2) is 4.98 Å². The average molecular weight is 342 g/mol. The molecule has 134 valence electrons. The molecule has 0 radical (unpaired) electrons. The minimum atomic E-state index is 0.219. The molecule has 0 bridgehead atoms. The van der Waals surface area contributed by atoms with Gasteiger partial charge in [-0.15, -0.1) is 0 Å². The van der Waals surface area contributed by atoms with Gasteiger partial charge in [0.05, 0.1) is 32.0 Å². The molecule has 0 aromatic carbocycles. The molecule has 2 saturated heterocycles. The van der Waals surface area contributed by atoms with Gasteiger partial charge in [-0.1, -0.05) is 0 Å². The number of pyridine rings is 1. The third-order valence-corrected chi connectivity index (χ3v) is 5.34. The Morgan fingerprint density at radius 3 is 2.88 bits per heavy atom. The maximum absolute atomic E-state index is 6.32. The topological polar surface area (TPSA) is 52.4 Å². The summed E-state index contributed by atoms with van der Waals surface area (Å²) in [5.41, 5.74) is 1.16. The van der Waals surface area contributed by atoms with Gasteiger partial charge in [0.1, 0.15) is 5.82 Å². The zero-order chi connectivity index (χ0) is 17.1. The van der Waals surface area contributed by atoms with Gasteiger partial charge in [0.15, 0.2) is 0 Å². The van der Waals surface area contributed by atoms with Crippen LogP contribution in [0.1, 0.15) is 30.7 Å². The average Bonchev–Trinajstić information content (AvgIpc) is 3.23. The first-order chi connectivity index (χ1) is 12.3. The van der Waals surface area contributed by atoms with E-state index in [2.05, 4.69) is 26.5 Å². The number of hydrogen-bond donors (Lipinski definition) is 0. The van der Waals surface area contributed by atoms with E-state index in [1.165, 1.54) is 6.42 Å². The summed E-state index contributed by atoms with van der Waals surface area (Å²) >= 11 is 0. The van der Waals surface area contributed by atoms with Crippen LogP contribution >= 0.6 is 0 Å². The molecule has 0 N–H and O–H groups in total. The maximum atomic E-state index is 6.32. The molecule has 4 rings (SSSR count). The van der Waals surface area contributed by atoms with E-state index < -0.39 is 0 Å². The van der Waals surface area contributed by atoms with Crippen molar-refractivity contribution in [3.63, 3.8) is 0 Å². The molecule has 4 heterocycles. The van der Waals surface area contributed by atoms with Crippen molar-refractivity contribution in [3.05, 3.63) is 48.3 Å². The van der Waals surface area contributed by atoms with Crippen LogP contribution in [0.5, 0.6) is 0 Å². The Morgan fingerprint density at radius 1 is 1.20 bits per heavy atom. The smallest absolute Gasteiger partial charge is 0.122 e. The van der Waals surface area contributed by atoms with Gasteiger partial charge < -0.3 is 14.0 Å². The molecule has 0 spiro atoms. The lowest BCUT2D eigenvalue weighted by Gasteiger charge is -2.35. The Hall–Kier alpha value is -1.76. The number of hydrogen-bond acceptors (Lipinski definition) is 5. The molecule has 6 nitrogen and oxygen atoms in total. The highest BCUT2D eigenvalue weighted by atomic mass is 16.5. The summed E-state index contributed by atoms with van der Waals surface area (Å²) in [6.07, 6.45) is 11.4. The van der Waals surface area contributed by atoms with Crippen molar-refractivity contribution in [2.75, 3.05) is 13.2 Å². The molecule has 0 aliphatic carbocycles. The molecule has 0 amide bonds. The molecular formula is C19H26N4O2. The lowest BCUT2D eigenvalue weighted by atomic mass is 9.99. The van der Waals surface area contributed by atoms with E-state index in [0.29, 0.717) is 25.4 Å². The van der Waals surface area contributed by atoms with Crippen molar-refractivity contribution in [2.45, 2.75) is 50.7 Å². The van der Waals surface area contributed by atoms with Gasteiger partial charge >= 0.3 is 0 Å². The second kappa shape index (κ2) is 7.64. The number of likely N-dealkylation sites (tertiary alicyclic amines) is 1. The van der Waals surface area contributed by atoms with Gasteiger partial charge in [-0.3, -0.25) is 9.88 Å². The predicted octanol–water partition coefficient (Wildman–Crippen LogP) is 2.15. The molecule has 25 heavy (non-hydrogen) atoms. The molecule has 2 aromatic rings. The van der Waals surface area contributed by atoms with Gasteiger partial charge in [0.25, 0.3) is 0 Å². The third kappa shape index (κ3) is 3.92. The number of rotatable bonds is 6. The fraction of sp³-hybridized carbons (Fsp3) is 0.579. The van der Waals surface area contributed by atoms with Crippen molar-refractivity contribution in [1.29, 1.82) is 0 Å². The van der Waals surface area contributed by atoms with E-state index in [0.717, 1.165) is 37.3 Å². The number of imidazole rings is 1. The van der Waals surface area contributed by atoms with Crippen molar-refractivity contribution >= 4 is 0 Å². The van der Waals surface area contributed by atoms with Gasteiger partial charge in [-0.2, -0.15) is 0 Å². The second-order valence-corrected chi connectivity index (χ2v) is 7.03. The Kier molecular flexibility index (Phi) is 5.10. The fourth-order valence-electron chi connectivity index (χ4n) is 3.92. The highest BCUT2D eigenvalue weighted by Gasteiger charge is 2.40. The minimum absolute atomic E-state index is 0.219. The zero-order valence-corrected chi connectivity index (χ0v) is 14.8. The van der Waals surface area contributed by atoms with Crippen molar-refractivity contribution in [1.82, 2.24) is 19.4 Å². The van der Waals surface area contributed by atoms with Crippen LogP contribution in [0.15, 0.2) is 36.9 Å². The van der Waals surface area contributed by atoms with E-state index in [1.54, 1.807) is 12.4 Å². The van der Waals surface area contributed by atoms with Crippen LogP contribution in [-0.4, -0.2) is 50.8 Å². The Balaban J connectivity index is 1.25. The summed E-state index contributed by atoms with van der Waals surface area (Å²) in [5, 5.41) is 0. The quantitative estimate of drug-likeness (QED) is 0.805. The van der Waals surface area contributed by atoms with Gasteiger partial charge in [0.2, 0.25) is 0 Å². The van der Waals surface area contributed by atoms with Crippen LogP contribution in [0.2, 0.25) is 0 Å². The number of aryl methyl sites for hydroxylation is 1. The number of ether oxygens (including phenoxy) is 2. The van der Waals surface area contributed by atoms with Crippen molar-refractivity contribution in [3.8, 4) is 0 Å². The number of fused-ring (bicyclic) bond motifs is 1. The number of nitrogens with zero attached hydrogens (tertiary/aromatic N) is 4. The summed E-state index contributed by atoms with van der Waals surface area (Å²) in [7, 11) is 2.06. The molecule has 2 aromatic heterocycles. The third-order valence-electron chi connectivity index (χ3n) is 5.34. The van der Waals surface area contributed by atoms with Crippen LogP contribution in [0, 0.1) is 0 Å². The fourth-order valence-corrected chi connectivity index (χ4v) is 3.92. The Labute approximate surface area is 148 Å². The standard InChI is InChI=1S/C19H26N4O2/c1-22-11-9-21-19(22)12-23-10-6-18-17(23)3-2-16(25-18)14-24-13-15-4-7-20-8-5-15/h4-5,7-9,11,16-18H,2-3,6,10,12-14H2,1H3/t16-,17+,18+/m1/s1. The SMILES string of the molecule is Cn1ccnc1CN1CC[C@@H]2O[C@@H](COCc3ccncc3)CC[C@@H]21. The highest BCUT2D eigenvalue weighted by molar-refractivity contribution is 5.07. The molecule has 2 aliphatic heterocycles. The van der Waals surface area contributed by atoms with Crippen LogP contribution < -0.4 is 0 Å². The van der Waals surface area contributed by atoms with Crippen LogP contribution in [0.25, 0.3) is 0 Å². The van der Waals surface area contributed by atoms with E-state index in [9.17, 15) is 0 Å². The highest BCUT2D eigenvalue weighted by Crippen LogP contribution is 2.32. The van der Waals surface area contributed by atoms with Crippen molar-refractivity contribution < 1.29 is 9.47 Å². The second-order valence-electron chi connectivity index (χ2n) is 7.03. The summed E-state index contributed by atoms with van der Waals surface area (Å²) in [6, 6.07) is 4.50. The monoisotopic (exact) mass is 342 g/mol. The lowest BCUT2D eigenvalue weighted by molar-refractivity contribution is -0.102. The first-order valence-corrected chi connectivity index (χ1v) is 9.12. The molecule has 2 aliphatic rings. The van der Waals surface area contributed by atoms with E-state index in [4.69, 9.17) is 9.47 Å². The Morgan fingerprint density at radius 2 is 2.08 bits per heavy atom. The van der Waals surface area contributed by atoms with Gasteiger partial charge in [-0.05, 0) is 37.0 Å². The molecule has 3 atom stereocenters. The molecule has 0 unspecified atom stereocenters. The molecule has 2 fully saturated rings. The maximum Gasteiger partial charge on any atom is 0.122 e. The molecular weight excluding hydrogens is 316 g/mol. The van der Waals surface area contributed by atoms with Gasteiger partial charge in [0, 0.05) is 44.4 Å². The Bertz CT molecular complexity index is 675. The molecule has 0 saturated carbocycles. The van der Waals surface area contributed by atoms with E-state index in [-0.39, 0.29) is 6.10 Å². The molecule has 6 heteroatoms. The summed E-state index contributed by atoms with van der Waals surface area (Å²) in [4.78, 5) is 11.0. The van der Waals surface area contributed by atoms with Crippen LogP contribution in [0.3, 0.4) is 0 Å². The summed E-state index contributed by atoms with van der Waals surface area (Å²) in [6.45, 7) is 3.30.